The maximum atomic E-state index is 11.7. The first-order valence-electron chi connectivity index (χ1n) is 6.35. The molecule has 0 unspecified atom stereocenters. The van der Waals surface area contributed by atoms with Gasteiger partial charge in [-0.05, 0) is 23.8 Å². The summed E-state index contributed by atoms with van der Waals surface area (Å²) in [5, 5.41) is 3.71. The first kappa shape index (κ1) is 17.3. The lowest BCUT2D eigenvalue weighted by Crippen LogP contribution is -2.36. The van der Waals surface area contributed by atoms with Crippen LogP contribution in [0.25, 0.3) is 6.08 Å². The number of rotatable bonds is 5. The third-order valence-electron chi connectivity index (χ3n) is 2.85. The molecule has 1 saturated heterocycles. The summed E-state index contributed by atoms with van der Waals surface area (Å²) in [6, 6.07) is 5.04. The van der Waals surface area contributed by atoms with Crippen LogP contribution in [0.3, 0.4) is 0 Å². The van der Waals surface area contributed by atoms with E-state index >= 15 is 0 Å². The first-order chi connectivity index (χ1) is 10.5. The second kappa shape index (κ2) is 7.97. The van der Waals surface area contributed by atoms with E-state index in [1.54, 1.807) is 24.3 Å². The molecule has 0 aromatic heterocycles. The zero-order valence-electron chi connectivity index (χ0n) is 11.3. The number of thioether (sulfide) groups is 1. The van der Waals surface area contributed by atoms with E-state index in [2.05, 4.69) is 5.32 Å². The fourth-order valence-electron chi connectivity index (χ4n) is 1.75. The van der Waals surface area contributed by atoms with Gasteiger partial charge in [0, 0.05) is 29.2 Å². The van der Waals surface area contributed by atoms with Gasteiger partial charge in [0.05, 0.1) is 5.75 Å². The SMILES string of the molecule is O=C(/C=C/c1ccc(Cl)cc1Cl)NCCN1C(=O)CSC1=S. The molecule has 0 radical (unpaired) electrons. The summed E-state index contributed by atoms with van der Waals surface area (Å²) in [4.78, 5) is 24.7. The molecule has 0 spiro atoms. The topological polar surface area (TPSA) is 49.4 Å². The van der Waals surface area contributed by atoms with Crippen LogP contribution >= 0.6 is 47.2 Å². The molecule has 2 rings (SSSR count). The van der Waals surface area contributed by atoms with Gasteiger partial charge in [0.2, 0.25) is 11.8 Å². The van der Waals surface area contributed by atoms with Crippen LogP contribution in [0.15, 0.2) is 24.3 Å². The van der Waals surface area contributed by atoms with Crippen LogP contribution in [-0.4, -0.2) is 39.9 Å². The molecule has 1 aliphatic rings. The Balaban J connectivity index is 1.81. The molecule has 4 nitrogen and oxygen atoms in total. The zero-order valence-corrected chi connectivity index (χ0v) is 14.5. The molecule has 22 heavy (non-hydrogen) atoms. The van der Waals surface area contributed by atoms with Gasteiger partial charge >= 0.3 is 0 Å². The molecule has 1 fully saturated rings. The summed E-state index contributed by atoms with van der Waals surface area (Å²) in [7, 11) is 0. The van der Waals surface area contributed by atoms with Crippen molar-refractivity contribution < 1.29 is 9.59 Å². The van der Waals surface area contributed by atoms with Crippen LogP contribution in [0.2, 0.25) is 10.0 Å². The predicted octanol–water partition coefficient (Wildman–Crippen LogP) is 2.98. The van der Waals surface area contributed by atoms with E-state index in [1.165, 1.54) is 22.7 Å². The summed E-state index contributed by atoms with van der Waals surface area (Å²) in [6.45, 7) is 0.718. The molecule has 0 aliphatic carbocycles. The van der Waals surface area contributed by atoms with Crippen molar-refractivity contribution in [2.24, 2.45) is 0 Å². The van der Waals surface area contributed by atoms with Crippen molar-refractivity contribution in [3.63, 3.8) is 0 Å². The maximum Gasteiger partial charge on any atom is 0.244 e. The highest BCUT2D eigenvalue weighted by Crippen LogP contribution is 2.22. The Kier molecular flexibility index (Phi) is 6.26. The zero-order chi connectivity index (χ0) is 16.1. The van der Waals surface area contributed by atoms with Crippen molar-refractivity contribution >= 4 is 69.4 Å². The number of carbonyl (C=O) groups is 2. The third-order valence-corrected chi connectivity index (χ3v) is 4.85. The van der Waals surface area contributed by atoms with E-state index in [9.17, 15) is 9.59 Å². The Morgan fingerprint density at radius 2 is 2.23 bits per heavy atom. The molecule has 1 aromatic carbocycles. The maximum absolute atomic E-state index is 11.7. The standard InChI is InChI=1S/C14H12Cl2N2O2S2/c15-10-3-1-9(11(16)7-10)2-4-12(19)17-5-6-18-13(20)8-22-14(18)21/h1-4,7H,5-6,8H2,(H,17,19)/b4-2+. The largest absolute Gasteiger partial charge is 0.351 e. The Labute approximate surface area is 147 Å². The summed E-state index contributed by atoms with van der Waals surface area (Å²) >= 11 is 18.2. The highest BCUT2D eigenvalue weighted by Gasteiger charge is 2.25. The minimum atomic E-state index is -0.267. The third kappa shape index (κ3) is 4.71. The van der Waals surface area contributed by atoms with E-state index in [-0.39, 0.29) is 11.8 Å². The van der Waals surface area contributed by atoms with Crippen molar-refractivity contribution in [2.75, 3.05) is 18.8 Å². The molecule has 116 valence electrons. The lowest BCUT2D eigenvalue weighted by molar-refractivity contribution is -0.124. The van der Waals surface area contributed by atoms with Gasteiger partial charge in [-0.3, -0.25) is 14.5 Å². The molecule has 0 bridgehead atoms. The van der Waals surface area contributed by atoms with E-state index in [1.807, 2.05) is 0 Å². The van der Waals surface area contributed by atoms with Crippen molar-refractivity contribution in [1.82, 2.24) is 10.2 Å². The van der Waals surface area contributed by atoms with E-state index < -0.39 is 0 Å². The van der Waals surface area contributed by atoms with Crippen LogP contribution in [0.5, 0.6) is 0 Å². The van der Waals surface area contributed by atoms with Crippen LogP contribution in [0, 0.1) is 0 Å². The van der Waals surface area contributed by atoms with E-state index in [4.69, 9.17) is 35.4 Å². The molecule has 1 N–H and O–H groups in total. The Hall–Kier alpha value is -1.08. The Morgan fingerprint density at radius 1 is 1.45 bits per heavy atom. The number of hydrogen-bond acceptors (Lipinski definition) is 4. The number of nitrogens with one attached hydrogen (secondary N) is 1. The van der Waals surface area contributed by atoms with Gasteiger partial charge in [-0.25, -0.2) is 0 Å². The predicted molar refractivity (Wildman–Crippen MR) is 95.3 cm³/mol. The van der Waals surface area contributed by atoms with Gasteiger partial charge in [0.15, 0.2) is 0 Å². The molecule has 1 aromatic rings. The molecule has 0 atom stereocenters. The minimum Gasteiger partial charge on any atom is -0.351 e. The highest BCUT2D eigenvalue weighted by molar-refractivity contribution is 8.23. The second-order valence-corrected chi connectivity index (χ2v) is 6.84. The molecule has 1 aliphatic heterocycles. The molecular formula is C14H12Cl2N2O2S2. The molecule has 8 heteroatoms. The fourth-order valence-corrected chi connectivity index (χ4v) is 3.34. The average Bonchev–Trinajstić information content (AvgIpc) is 2.78. The number of hydrogen-bond donors (Lipinski definition) is 1. The summed E-state index contributed by atoms with van der Waals surface area (Å²) in [5.41, 5.74) is 0.702. The van der Waals surface area contributed by atoms with E-state index in [0.29, 0.717) is 38.8 Å². The highest BCUT2D eigenvalue weighted by atomic mass is 35.5. The molecular weight excluding hydrogens is 363 g/mol. The molecule has 2 amide bonds. The summed E-state index contributed by atoms with van der Waals surface area (Å²) in [6.07, 6.45) is 2.99. The Morgan fingerprint density at radius 3 is 2.86 bits per heavy atom. The van der Waals surface area contributed by atoms with Crippen LogP contribution in [-0.2, 0) is 9.59 Å². The average molecular weight is 375 g/mol. The van der Waals surface area contributed by atoms with Gasteiger partial charge in [-0.15, -0.1) is 0 Å². The number of amides is 2. The van der Waals surface area contributed by atoms with Gasteiger partial charge in [0.25, 0.3) is 0 Å². The monoisotopic (exact) mass is 374 g/mol. The second-order valence-electron chi connectivity index (χ2n) is 4.39. The smallest absolute Gasteiger partial charge is 0.244 e. The van der Waals surface area contributed by atoms with Crippen molar-refractivity contribution in [3.8, 4) is 0 Å². The number of thiocarbonyl (C=S) groups is 1. The number of carbonyl (C=O) groups excluding carboxylic acids is 2. The normalized spacial score (nSPS) is 14.9. The van der Waals surface area contributed by atoms with E-state index in [0.717, 1.165) is 0 Å². The molecule has 1 heterocycles. The van der Waals surface area contributed by atoms with Crippen molar-refractivity contribution in [3.05, 3.63) is 39.9 Å². The van der Waals surface area contributed by atoms with Gasteiger partial charge < -0.3 is 5.32 Å². The molecule has 0 saturated carbocycles. The first-order valence-corrected chi connectivity index (χ1v) is 8.50. The number of nitrogens with zero attached hydrogens (tertiary/aromatic N) is 1. The van der Waals surface area contributed by atoms with Crippen LogP contribution < -0.4 is 5.32 Å². The van der Waals surface area contributed by atoms with Crippen molar-refractivity contribution in [1.29, 1.82) is 0 Å². The lowest BCUT2D eigenvalue weighted by atomic mass is 10.2. The van der Waals surface area contributed by atoms with Gasteiger partial charge in [-0.1, -0.05) is 53.2 Å². The minimum absolute atomic E-state index is 0.0206. The van der Waals surface area contributed by atoms with Gasteiger partial charge in [0.1, 0.15) is 4.32 Å². The number of halogens is 2. The summed E-state index contributed by atoms with van der Waals surface area (Å²) in [5.74, 6) is 0.0887. The van der Waals surface area contributed by atoms with Gasteiger partial charge in [-0.2, -0.15) is 0 Å². The van der Waals surface area contributed by atoms with Crippen LogP contribution in [0.4, 0.5) is 0 Å². The quantitative estimate of drug-likeness (QED) is 0.635. The van der Waals surface area contributed by atoms with Crippen molar-refractivity contribution in [2.45, 2.75) is 0 Å². The number of benzene rings is 1. The fraction of sp³-hybridized carbons (Fsp3) is 0.214. The lowest BCUT2D eigenvalue weighted by Gasteiger charge is -2.14. The Bertz CT molecular complexity index is 634. The summed E-state index contributed by atoms with van der Waals surface area (Å²) < 4.78 is 0.558. The van der Waals surface area contributed by atoms with Crippen LogP contribution in [0.1, 0.15) is 5.56 Å².